The Labute approximate surface area is 87.4 Å². The predicted molar refractivity (Wildman–Crippen MR) is 50.1 cm³/mol. The molecule has 2 N–H and O–H groups in total. The number of nitrogens with zero attached hydrogens (tertiary/aromatic N) is 1. The van der Waals surface area contributed by atoms with Crippen molar-refractivity contribution in [1.82, 2.24) is 4.98 Å². The van der Waals surface area contributed by atoms with E-state index in [1.807, 2.05) is 0 Å². The number of nitrogens with two attached hydrogens (primary N) is 1. The van der Waals surface area contributed by atoms with E-state index in [1.165, 1.54) is 6.92 Å². The first-order chi connectivity index (χ1) is 6.45. The average molecular weight is 265 g/mol. The highest BCUT2D eigenvalue weighted by atomic mass is 79.9. The lowest BCUT2D eigenvalue weighted by atomic mass is 10.1. The Morgan fingerprint density at radius 1 is 1.64 bits per heavy atom. The summed E-state index contributed by atoms with van der Waals surface area (Å²) in [5, 5.41) is 0. The smallest absolute Gasteiger partial charge is 0.267 e. The number of primary amides is 1. The molecule has 1 amide bonds. The summed E-state index contributed by atoms with van der Waals surface area (Å²) in [6, 6.07) is 0. The number of alkyl halides is 2. The van der Waals surface area contributed by atoms with Crippen molar-refractivity contribution in [1.29, 1.82) is 0 Å². The number of carbonyl (C=O) groups excluding carboxylic acids is 1. The lowest BCUT2D eigenvalue weighted by molar-refractivity contribution is 0.0994. The Bertz CT molecular complexity index is 382. The number of amides is 1. The van der Waals surface area contributed by atoms with E-state index < -0.39 is 12.3 Å². The summed E-state index contributed by atoms with van der Waals surface area (Å²) in [4.78, 5) is 14.4. The van der Waals surface area contributed by atoms with Gasteiger partial charge in [0, 0.05) is 10.7 Å². The Hall–Kier alpha value is -1.04. The molecule has 0 saturated heterocycles. The first-order valence-electron chi connectivity index (χ1n) is 3.68. The van der Waals surface area contributed by atoms with E-state index in [0.29, 0.717) is 5.56 Å². The van der Waals surface area contributed by atoms with Gasteiger partial charge >= 0.3 is 0 Å². The van der Waals surface area contributed by atoms with Crippen LogP contribution >= 0.6 is 15.9 Å². The molecule has 0 unspecified atom stereocenters. The average Bonchev–Trinajstić information content (AvgIpc) is 2.08. The quantitative estimate of drug-likeness (QED) is 0.891. The maximum Gasteiger partial charge on any atom is 0.267 e. The van der Waals surface area contributed by atoms with Crippen molar-refractivity contribution in [2.24, 2.45) is 5.73 Å². The fraction of sp³-hybridized carbons (Fsp3) is 0.250. The van der Waals surface area contributed by atoms with Gasteiger partial charge in [-0.1, -0.05) is 0 Å². The van der Waals surface area contributed by atoms with Gasteiger partial charge in [0.05, 0.1) is 5.56 Å². The molecule has 1 heterocycles. The lowest BCUT2D eigenvalue weighted by Crippen LogP contribution is -2.15. The van der Waals surface area contributed by atoms with Crippen molar-refractivity contribution in [3.63, 3.8) is 0 Å². The standard InChI is InChI=1S/C8H7BrF2N2O/c1-3-5(9)4(7(10)11)2-13-6(3)8(12)14/h2,7H,1H3,(H2,12,14). The van der Waals surface area contributed by atoms with E-state index in [4.69, 9.17) is 5.73 Å². The Morgan fingerprint density at radius 2 is 2.21 bits per heavy atom. The van der Waals surface area contributed by atoms with Crippen LogP contribution in [0.1, 0.15) is 28.0 Å². The van der Waals surface area contributed by atoms with Gasteiger partial charge in [-0.2, -0.15) is 0 Å². The van der Waals surface area contributed by atoms with Crippen molar-refractivity contribution >= 4 is 21.8 Å². The molecule has 0 aromatic carbocycles. The van der Waals surface area contributed by atoms with Gasteiger partial charge in [-0.15, -0.1) is 0 Å². The molecule has 0 aliphatic rings. The third-order valence-electron chi connectivity index (χ3n) is 1.74. The minimum absolute atomic E-state index is 0.00118. The van der Waals surface area contributed by atoms with Gasteiger partial charge < -0.3 is 5.73 Å². The van der Waals surface area contributed by atoms with Crippen LogP contribution in [0, 0.1) is 6.92 Å². The van der Waals surface area contributed by atoms with Crippen molar-refractivity contribution < 1.29 is 13.6 Å². The zero-order chi connectivity index (χ0) is 10.9. The summed E-state index contributed by atoms with van der Waals surface area (Å²) in [5.74, 6) is -0.732. The molecule has 1 aromatic heterocycles. The van der Waals surface area contributed by atoms with E-state index in [9.17, 15) is 13.6 Å². The van der Waals surface area contributed by atoms with E-state index in [2.05, 4.69) is 20.9 Å². The van der Waals surface area contributed by atoms with Crippen LogP contribution in [-0.2, 0) is 0 Å². The summed E-state index contributed by atoms with van der Waals surface area (Å²) in [7, 11) is 0. The van der Waals surface area contributed by atoms with E-state index in [-0.39, 0.29) is 15.7 Å². The molecule has 14 heavy (non-hydrogen) atoms. The molecule has 0 saturated carbocycles. The fourth-order valence-corrected chi connectivity index (χ4v) is 1.47. The van der Waals surface area contributed by atoms with Crippen LogP contribution in [0.5, 0.6) is 0 Å². The SMILES string of the molecule is Cc1c(C(N)=O)ncc(C(F)F)c1Br. The van der Waals surface area contributed by atoms with Crippen molar-refractivity contribution in [3.8, 4) is 0 Å². The molecule has 3 nitrogen and oxygen atoms in total. The molecular weight excluding hydrogens is 258 g/mol. The van der Waals surface area contributed by atoms with Crippen LogP contribution in [0.4, 0.5) is 8.78 Å². The van der Waals surface area contributed by atoms with Crippen LogP contribution in [0.3, 0.4) is 0 Å². The molecule has 1 rings (SSSR count). The Morgan fingerprint density at radius 3 is 2.64 bits per heavy atom. The van der Waals surface area contributed by atoms with Gasteiger partial charge in [-0.05, 0) is 28.4 Å². The highest BCUT2D eigenvalue weighted by molar-refractivity contribution is 9.10. The van der Waals surface area contributed by atoms with Crippen molar-refractivity contribution in [2.45, 2.75) is 13.3 Å². The number of halogens is 3. The van der Waals surface area contributed by atoms with Crippen LogP contribution in [0.2, 0.25) is 0 Å². The van der Waals surface area contributed by atoms with Crippen LogP contribution in [0.25, 0.3) is 0 Å². The number of pyridine rings is 1. The number of carbonyl (C=O) groups is 1. The monoisotopic (exact) mass is 264 g/mol. The maximum absolute atomic E-state index is 12.4. The van der Waals surface area contributed by atoms with Gasteiger partial charge in [-0.3, -0.25) is 9.78 Å². The zero-order valence-electron chi connectivity index (χ0n) is 7.22. The van der Waals surface area contributed by atoms with Gasteiger partial charge in [0.15, 0.2) is 0 Å². The van der Waals surface area contributed by atoms with Gasteiger partial charge in [0.25, 0.3) is 12.3 Å². The van der Waals surface area contributed by atoms with Crippen LogP contribution < -0.4 is 5.73 Å². The summed E-state index contributed by atoms with van der Waals surface area (Å²) < 4.78 is 24.9. The molecule has 6 heteroatoms. The van der Waals surface area contributed by atoms with Crippen molar-refractivity contribution in [3.05, 3.63) is 27.5 Å². The Kier molecular flexibility index (Phi) is 3.15. The number of hydrogen-bond donors (Lipinski definition) is 1. The second kappa shape index (κ2) is 4.00. The first-order valence-corrected chi connectivity index (χ1v) is 4.47. The maximum atomic E-state index is 12.4. The molecule has 76 valence electrons. The second-order valence-electron chi connectivity index (χ2n) is 2.67. The fourth-order valence-electron chi connectivity index (χ4n) is 1.01. The third-order valence-corrected chi connectivity index (χ3v) is 2.79. The summed E-state index contributed by atoms with van der Waals surface area (Å²) in [6.45, 7) is 1.50. The molecule has 0 atom stereocenters. The van der Waals surface area contributed by atoms with Gasteiger partial charge in [0.1, 0.15) is 5.69 Å². The molecule has 0 bridgehead atoms. The summed E-state index contributed by atoms with van der Waals surface area (Å²) in [6.07, 6.45) is -1.68. The highest BCUT2D eigenvalue weighted by Crippen LogP contribution is 2.30. The van der Waals surface area contributed by atoms with E-state index in [0.717, 1.165) is 6.20 Å². The van der Waals surface area contributed by atoms with Crippen molar-refractivity contribution in [2.75, 3.05) is 0 Å². The number of rotatable bonds is 2. The minimum Gasteiger partial charge on any atom is -0.364 e. The van der Waals surface area contributed by atoms with E-state index in [1.54, 1.807) is 0 Å². The largest absolute Gasteiger partial charge is 0.364 e. The molecule has 0 spiro atoms. The van der Waals surface area contributed by atoms with Crippen LogP contribution in [0.15, 0.2) is 10.7 Å². The molecule has 0 fully saturated rings. The highest BCUT2D eigenvalue weighted by Gasteiger charge is 2.18. The zero-order valence-corrected chi connectivity index (χ0v) is 8.81. The molecule has 0 aliphatic heterocycles. The topological polar surface area (TPSA) is 56.0 Å². The lowest BCUT2D eigenvalue weighted by Gasteiger charge is -2.08. The molecule has 0 radical (unpaired) electrons. The Balaban J connectivity index is 3.33. The van der Waals surface area contributed by atoms with Crippen LogP contribution in [-0.4, -0.2) is 10.9 Å². The number of hydrogen-bond acceptors (Lipinski definition) is 2. The molecular formula is C8H7BrF2N2O. The first kappa shape index (κ1) is 11.0. The summed E-state index contributed by atoms with van der Waals surface area (Å²) >= 11 is 2.97. The second-order valence-corrected chi connectivity index (χ2v) is 3.46. The normalized spacial score (nSPS) is 10.6. The molecule has 1 aromatic rings. The van der Waals surface area contributed by atoms with E-state index >= 15 is 0 Å². The number of aromatic nitrogens is 1. The summed E-state index contributed by atoms with van der Waals surface area (Å²) in [5.41, 5.74) is 5.09. The third kappa shape index (κ3) is 1.89. The van der Waals surface area contributed by atoms with Gasteiger partial charge in [-0.25, -0.2) is 8.78 Å². The minimum atomic E-state index is -2.63. The van der Waals surface area contributed by atoms with Gasteiger partial charge in [0.2, 0.25) is 0 Å². The predicted octanol–water partition coefficient (Wildman–Crippen LogP) is 2.19. The molecule has 0 aliphatic carbocycles.